The van der Waals surface area contributed by atoms with Crippen LogP contribution in [0.3, 0.4) is 0 Å². The van der Waals surface area contributed by atoms with Crippen molar-refractivity contribution < 1.29 is 14.7 Å². The van der Waals surface area contributed by atoms with Gasteiger partial charge in [0.05, 0.1) is 17.4 Å². The number of aliphatic imine (C=N–C) groups is 1. The van der Waals surface area contributed by atoms with Gasteiger partial charge in [-0.25, -0.2) is 4.79 Å². The number of carbonyl (C=O) groups is 2. The number of nitrogens with one attached hydrogen (secondary N) is 1. The van der Waals surface area contributed by atoms with Gasteiger partial charge in [-0.15, -0.1) is 6.58 Å². The minimum Gasteiger partial charge on any atom is -0.480 e. The fourth-order valence-electron chi connectivity index (χ4n) is 4.90. The van der Waals surface area contributed by atoms with Crippen LogP contribution in [0, 0.1) is 0 Å². The van der Waals surface area contributed by atoms with E-state index in [-0.39, 0.29) is 11.9 Å². The van der Waals surface area contributed by atoms with Gasteiger partial charge in [-0.1, -0.05) is 84.9 Å². The van der Waals surface area contributed by atoms with E-state index in [0.717, 1.165) is 37.9 Å². The first-order valence-corrected chi connectivity index (χ1v) is 13.2. The second kappa shape index (κ2) is 13.5. The molecule has 0 radical (unpaired) electrons. The Morgan fingerprint density at radius 2 is 1.71 bits per heavy atom. The van der Waals surface area contributed by atoms with E-state index in [2.05, 4.69) is 28.9 Å². The number of para-hydroxylation sites is 1. The molecule has 6 nitrogen and oxygen atoms in total. The summed E-state index contributed by atoms with van der Waals surface area (Å²) < 4.78 is 0. The predicted octanol–water partition coefficient (Wildman–Crippen LogP) is 5.94. The molecule has 4 rings (SSSR count). The normalized spacial score (nSPS) is 16.6. The number of benzene rings is 3. The Kier molecular flexibility index (Phi) is 9.59. The van der Waals surface area contributed by atoms with Gasteiger partial charge in [0.25, 0.3) is 0 Å². The first-order chi connectivity index (χ1) is 18.6. The second-order valence-electron chi connectivity index (χ2n) is 9.57. The molecule has 6 heteroatoms. The molecular weight excluding hydrogens is 474 g/mol. The third-order valence-electron chi connectivity index (χ3n) is 6.84. The van der Waals surface area contributed by atoms with Crippen molar-refractivity contribution in [1.29, 1.82) is 0 Å². The van der Waals surface area contributed by atoms with Gasteiger partial charge in [-0.2, -0.15) is 0 Å². The number of carboxylic acid groups (broad SMARTS) is 1. The molecule has 0 aromatic heterocycles. The number of carbonyl (C=O) groups excluding carboxylic acids is 1. The van der Waals surface area contributed by atoms with Crippen LogP contribution in [0.25, 0.3) is 0 Å². The van der Waals surface area contributed by atoms with E-state index in [1.807, 2.05) is 72.8 Å². The highest BCUT2D eigenvalue weighted by Crippen LogP contribution is 2.25. The van der Waals surface area contributed by atoms with E-state index in [9.17, 15) is 14.7 Å². The summed E-state index contributed by atoms with van der Waals surface area (Å²) in [5.41, 5.74) is 3.87. The Labute approximate surface area is 224 Å². The minimum atomic E-state index is -0.966. The van der Waals surface area contributed by atoms with Crippen molar-refractivity contribution in [2.45, 2.75) is 50.7 Å². The van der Waals surface area contributed by atoms with Gasteiger partial charge in [0.1, 0.15) is 6.04 Å². The van der Waals surface area contributed by atoms with Gasteiger partial charge in [-0.05, 0) is 50.3 Å². The predicted molar refractivity (Wildman–Crippen MR) is 152 cm³/mol. The molecule has 0 bridgehead atoms. The SMILES string of the molecule is C=CCCC[C@H](N=C(c1ccccc1)c1ccccc1NC(=O)[C@@H]1CCCN1Cc1ccccc1)C(=O)O. The number of carboxylic acids is 1. The summed E-state index contributed by atoms with van der Waals surface area (Å²) in [5.74, 6) is -1.02. The smallest absolute Gasteiger partial charge is 0.328 e. The molecule has 38 heavy (non-hydrogen) atoms. The summed E-state index contributed by atoms with van der Waals surface area (Å²) >= 11 is 0. The van der Waals surface area contributed by atoms with Crippen LogP contribution in [0.4, 0.5) is 5.69 Å². The van der Waals surface area contributed by atoms with E-state index >= 15 is 0 Å². The van der Waals surface area contributed by atoms with E-state index in [1.165, 1.54) is 5.56 Å². The van der Waals surface area contributed by atoms with Crippen LogP contribution < -0.4 is 5.32 Å². The molecule has 1 saturated heterocycles. The first-order valence-electron chi connectivity index (χ1n) is 13.2. The van der Waals surface area contributed by atoms with Crippen LogP contribution >= 0.6 is 0 Å². The van der Waals surface area contributed by atoms with E-state index in [0.29, 0.717) is 29.8 Å². The van der Waals surface area contributed by atoms with Gasteiger partial charge in [-0.3, -0.25) is 14.7 Å². The van der Waals surface area contributed by atoms with Crippen LogP contribution in [-0.2, 0) is 16.1 Å². The third kappa shape index (κ3) is 7.05. The highest BCUT2D eigenvalue weighted by atomic mass is 16.4. The largest absolute Gasteiger partial charge is 0.480 e. The Bertz CT molecular complexity index is 1260. The van der Waals surface area contributed by atoms with Crippen molar-refractivity contribution in [1.82, 2.24) is 4.90 Å². The fraction of sp³-hybridized carbons (Fsp3) is 0.281. The van der Waals surface area contributed by atoms with E-state index in [1.54, 1.807) is 6.08 Å². The van der Waals surface area contributed by atoms with Gasteiger partial charge in [0.15, 0.2) is 0 Å². The molecule has 1 fully saturated rings. The molecule has 0 saturated carbocycles. The molecule has 2 N–H and O–H groups in total. The van der Waals surface area contributed by atoms with Crippen molar-refractivity contribution in [3.63, 3.8) is 0 Å². The van der Waals surface area contributed by atoms with Crippen molar-refractivity contribution >= 4 is 23.3 Å². The fourth-order valence-corrected chi connectivity index (χ4v) is 4.90. The lowest BCUT2D eigenvalue weighted by molar-refractivity contribution is -0.138. The van der Waals surface area contributed by atoms with E-state index < -0.39 is 12.0 Å². The lowest BCUT2D eigenvalue weighted by Crippen LogP contribution is -2.39. The van der Waals surface area contributed by atoms with Gasteiger partial charge < -0.3 is 10.4 Å². The standard InChI is InChI=1S/C32H35N3O3/c1-2-3-6-20-28(32(37)38)33-30(25-16-9-5-10-17-25)26-18-11-12-19-27(26)34-31(36)29-21-13-22-35(29)23-24-14-7-4-8-15-24/h2,4-5,7-12,14-19,28-29H,1,3,6,13,20-23H2,(H,34,36)(H,37,38)/t28-,29-/m0/s1. The van der Waals surface area contributed by atoms with Crippen LogP contribution in [0.2, 0.25) is 0 Å². The molecule has 1 amide bonds. The third-order valence-corrected chi connectivity index (χ3v) is 6.84. The van der Waals surface area contributed by atoms with Crippen molar-refractivity contribution in [3.05, 3.63) is 114 Å². The number of likely N-dealkylation sites (tertiary alicyclic amines) is 1. The number of hydrogen-bond acceptors (Lipinski definition) is 4. The number of rotatable bonds is 12. The van der Waals surface area contributed by atoms with Crippen molar-refractivity contribution in [2.24, 2.45) is 4.99 Å². The lowest BCUT2D eigenvalue weighted by atomic mass is 9.99. The number of hydrogen-bond donors (Lipinski definition) is 2. The zero-order valence-electron chi connectivity index (χ0n) is 21.6. The number of amides is 1. The summed E-state index contributed by atoms with van der Waals surface area (Å²) in [6.07, 6.45) is 5.37. The number of nitrogens with zero attached hydrogens (tertiary/aromatic N) is 2. The minimum absolute atomic E-state index is 0.0564. The van der Waals surface area contributed by atoms with Crippen LogP contribution in [0.1, 0.15) is 48.8 Å². The van der Waals surface area contributed by atoms with Crippen LogP contribution in [-0.4, -0.2) is 46.2 Å². The maximum atomic E-state index is 13.5. The zero-order chi connectivity index (χ0) is 26.7. The molecule has 3 aromatic carbocycles. The molecule has 3 aromatic rings. The summed E-state index contributed by atoms with van der Waals surface area (Å²) in [6.45, 7) is 5.33. The Balaban J connectivity index is 1.62. The van der Waals surface area contributed by atoms with Crippen molar-refractivity contribution in [3.8, 4) is 0 Å². The van der Waals surface area contributed by atoms with Gasteiger partial charge in [0, 0.05) is 17.7 Å². The zero-order valence-corrected chi connectivity index (χ0v) is 21.6. The molecule has 0 unspecified atom stereocenters. The summed E-state index contributed by atoms with van der Waals surface area (Å²) in [6, 6.07) is 26.1. The van der Waals surface area contributed by atoms with Gasteiger partial charge >= 0.3 is 5.97 Å². The average molecular weight is 510 g/mol. The molecule has 0 spiro atoms. The summed E-state index contributed by atoms with van der Waals surface area (Å²) in [7, 11) is 0. The van der Waals surface area contributed by atoms with Crippen LogP contribution in [0.15, 0.2) is 103 Å². The number of aliphatic carboxylic acids is 1. The molecular formula is C32H35N3O3. The quantitative estimate of drug-likeness (QED) is 0.180. The second-order valence-corrected chi connectivity index (χ2v) is 9.57. The molecule has 196 valence electrons. The maximum Gasteiger partial charge on any atom is 0.328 e. The van der Waals surface area contributed by atoms with Crippen molar-refractivity contribution in [2.75, 3.05) is 11.9 Å². The Morgan fingerprint density at radius 3 is 2.42 bits per heavy atom. The number of unbranched alkanes of at least 4 members (excludes halogenated alkanes) is 1. The Hall–Kier alpha value is -4.03. The summed E-state index contributed by atoms with van der Waals surface area (Å²) in [5, 5.41) is 13.1. The molecule has 1 aliphatic rings. The Morgan fingerprint density at radius 1 is 1.03 bits per heavy atom. The lowest BCUT2D eigenvalue weighted by Gasteiger charge is -2.24. The first kappa shape index (κ1) is 27.0. The molecule has 0 aliphatic carbocycles. The highest BCUT2D eigenvalue weighted by molar-refractivity contribution is 6.17. The topological polar surface area (TPSA) is 82.0 Å². The van der Waals surface area contributed by atoms with E-state index in [4.69, 9.17) is 4.99 Å². The molecule has 2 atom stereocenters. The monoisotopic (exact) mass is 509 g/mol. The van der Waals surface area contributed by atoms with Crippen LogP contribution in [0.5, 0.6) is 0 Å². The average Bonchev–Trinajstić information content (AvgIpc) is 3.40. The highest BCUT2D eigenvalue weighted by Gasteiger charge is 2.31. The van der Waals surface area contributed by atoms with Gasteiger partial charge in [0.2, 0.25) is 5.91 Å². The molecule has 1 heterocycles. The number of anilines is 1. The maximum absolute atomic E-state index is 13.5. The number of allylic oxidation sites excluding steroid dienone is 1. The molecule has 1 aliphatic heterocycles. The summed E-state index contributed by atoms with van der Waals surface area (Å²) in [4.78, 5) is 32.6.